The average molecular weight is 322 g/mol. The molecule has 0 saturated carbocycles. The molecule has 0 fully saturated rings. The monoisotopic (exact) mass is 322 g/mol. The Bertz CT molecular complexity index is 694. The van der Waals surface area contributed by atoms with Crippen LogP contribution in [0.4, 0.5) is 13.2 Å². The lowest BCUT2D eigenvalue weighted by molar-refractivity contribution is -0.141. The zero-order chi connectivity index (χ0) is 16.9. The van der Waals surface area contributed by atoms with E-state index in [0.717, 1.165) is 17.7 Å². The van der Waals surface area contributed by atoms with E-state index < -0.39 is 23.5 Å². The molecule has 0 spiro atoms. The van der Waals surface area contributed by atoms with Crippen LogP contribution >= 0.6 is 0 Å². The number of hydrogen-bond acceptors (Lipinski definition) is 3. The molecule has 120 valence electrons. The van der Waals surface area contributed by atoms with Crippen molar-refractivity contribution in [1.29, 1.82) is 0 Å². The van der Waals surface area contributed by atoms with Crippen molar-refractivity contribution in [3.8, 4) is 11.5 Å². The number of alkyl halides is 3. The number of hydrogen-bond donors (Lipinski definition) is 0. The van der Waals surface area contributed by atoms with E-state index in [1.807, 2.05) is 6.07 Å². The van der Waals surface area contributed by atoms with Crippen molar-refractivity contribution in [1.82, 2.24) is 0 Å². The summed E-state index contributed by atoms with van der Waals surface area (Å²) < 4.78 is 49.4. The molecular formula is C17H13F3O3. The van der Waals surface area contributed by atoms with Crippen molar-refractivity contribution in [3.05, 3.63) is 72.3 Å². The Labute approximate surface area is 131 Å². The van der Waals surface area contributed by atoms with Gasteiger partial charge in [-0.15, -0.1) is 0 Å². The SMILES string of the molecule is C=CC(=O)Oc1c(OCc2ccccc2)cccc1C(F)(F)F. The maximum Gasteiger partial charge on any atom is 0.420 e. The molecule has 0 bridgehead atoms. The van der Waals surface area contributed by atoms with Crippen molar-refractivity contribution in [3.63, 3.8) is 0 Å². The maximum atomic E-state index is 13.1. The topological polar surface area (TPSA) is 35.5 Å². The number of para-hydroxylation sites is 1. The second kappa shape index (κ2) is 7.00. The van der Waals surface area contributed by atoms with Crippen LogP contribution < -0.4 is 9.47 Å². The van der Waals surface area contributed by atoms with Gasteiger partial charge in [-0.2, -0.15) is 13.2 Å². The van der Waals surface area contributed by atoms with E-state index in [-0.39, 0.29) is 12.4 Å². The molecule has 0 aromatic heterocycles. The summed E-state index contributed by atoms with van der Waals surface area (Å²) >= 11 is 0. The van der Waals surface area contributed by atoms with Crippen molar-refractivity contribution in [2.45, 2.75) is 12.8 Å². The summed E-state index contributed by atoms with van der Waals surface area (Å²) in [5.41, 5.74) is -0.316. The summed E-state index contributed by atoms with van der Waals surface area (Å²) in [6.45, 7) is 3.22. The third kappa shape index (κ3) is 4.35. The smallest absolute Gasteiger partial charge is 0.420 e. The third-order valence-corrected chi connectivity index (χ3v) is 2.89. The fourth-order valence-electron chi connectivity index (χ4n) is 1.84. The first kappa shape index (κ1) is 16.6. The highest BCUT2D eigenvalue weighted by molar-refractivity contribution is 5.84. The summed E-state index contributed by atoms with van der Waals surface area (Å²) in [5.74, 6) is -1.83. The molecule has 0 amide bonds. The predicted molar refractivity (Wildman–Crippen MR) is 78.1 cm³/mol. The van der Waals surface area contributed by atoms with Gasteiger partial charge in [0, 0.05) is 6.08 Å². The lowest BCUT2D eigenvalue weighted by Gasteiger charge is -2.16. The molecule has 2 aromatic carbocycles. The maximum absolute atomic E-state index is 13.1. The lowest BCUT2D eigenvalue weighted by atomic mass is 10.1. The normalized spacial score (nSPS) is 10.9. The molecule has 3 nitrogen and oxygen atoms in total. The number of esters is 1. The Morgan fingerprint density at radius 1 is 1.09 bits per heavy atom. The van der Waals surface area contributed by atoms with Crippen LogP contribution in [0, 0.1) is 0 Å². The summed E-state index contributed by atoms with van der Waals surface area (Å²) in [6.07, 6.45) is -3.89. The number of benzene rings is 2. The van der Waals surface area contributed by atoms with Gasteiger partial charge in [0.2, 0.25) is 0 Å². The van der Waals surface area contributed by atoms with Crippen LogP contribution in [0.15, 0.2) is 61.2 Å². The minimum absolute atomic E-state index is 0.0425. The van der Waals surface area contributed by atoms with Gasteiger partial charge < -0.3 is 9.47 Å². The van der Waals surface area contributed by atoms with E-state index in [0.29, 0.717) is 0 Å². The largest absolute Gasteiger partial charge is 0.485 e. The highest BCUT2D eigenvalue weighted by Crippen LogP contribution is 2.41. The molecule has 0 aliphatic rings. The molecule has 0 saturated heterocycles. The minimum Gasteiger partial charge on any atom is -0.485 e. The summed E-state index contributed by atoms with van der Waals surface area (Å²) in [7, 11) is 0. The van der Waals surface area contributed by atoms with Gasteiger partial charge in [-0.05, 0) is 17.7 Å². The van der Waals surface area contributed by atoms with E-state index in [1.165, 1.54) is 12.1 Å². The Morgan fingerprint density at radius 2 is 1.78 bits per heavy atom. The van der Waals surface area contributed by atoms with Crippen molar-refractivity contribution >= 4 is 5.97 Å². The first-order valence-corrected chi connectivity index (χ1v) is 6.63. The highest BCUT2D eigenvalue weighted by atomic mass is 19.4. The summed E-state index contributed by atoms with van der Waals surface area (Å²) in [4.78, 5) is 11.3. The number of carbonyl (C=O) groups is 1. The van der Waals surface area contributed by atoms with Gasteiger partial charge in [0.15, 0.2) is 11.5 Å². The van der Waals surface area contributed by atoms with E-state index in [4.69, 9.17) is 9.47 Å². The Hall–Kier alpha value is -2.76. The van der Waals surface area contributed by atoms with Crippen LogP contribution in [-0.4, -0.2) is 5.97 Å². The number of ether oxygens (including phenoxy) is 2. The molecule has 23 heavy (non-hydrogen) atoms. The molecule has 0 N–H and O–H groups in total. The van der Waals surface area contributed by atoms with Crippen LogP contribution in [0.3, 0.4) is 0 Å². The number of carbonyl (C=O) groups excluding carboxylic acids is 1. The summed E-state index contributed by atoms with van der Waals surface area (Å²) in [5, 5.41) is 0. The number of halogens is 3. The van der Waals surface area contributed by atoms with Gasteiger partial charge in [-0.25, -0.2) is 4.79 Å². The zero-order valence-corrected chi connectivity index (χ0v) is 12.0. The quantitative estimate of drug-likeness (QED) is 0.466. The molecule has 0 aliphatic carbocycles. The first-order chi connectivity index (χ1) is 10.9. The molecule has 6 heteroatoms. The standard InChI is InChI=1S/C17H13F3O3/c1-2-15(21)23-16-13(17(18,19)20)9-6-10-14(16)22-11-12-7-4-3-5-8-12/h2-10H,1,11H2. The summed E-state index contributed by atoms with van der Waals surface area (Å²) in [6, 6.07) is 12.2. The Kier molecular flexibility index (Phi) is 5.05. The van der Waals surface area contributed by atoms with Crippen molar-refractivity contribution in [2.24, 2.45) is 0 Å². The van der Waals surface area contributed by atoms with Gasteiger partial charge in [0.05, 0.1) is 0 Å². The first-order valence-electron chi connectivity index (χ1n) is 6.63. The van der Waals surface area contributed by atoms with Crippen LogP contribution in [0.1, 0.15) is 11.1 Å². The predicted octanol–water partition coefficient (Wildman–Crippen LogP) is 4.38. The lowest BCUT2D eigenvalue weighted by Crippen LogP contribution is -2.13. The molecular weight excluding hydrogens is 309 g/mol. The fraction of sp³-hybridized carbons (Fsp3) is 0.118. The van der Waals surface area contributed by atoms with Gasteiger partial charge in [-0.1, -0.05) is 43.0 Å². The highest BCUT2D eigenvalue weighted by Gasteiger charge is 2.36. The van der Waals surface area contributed by atoms with Crippen LogP contribution in [-0.2, 0) is 17.6 Å². The van der Waals surface area contributed by atoms with Crippen LogP contribution in [0.5, 0.6) is 11.5 Å². The van der Waals surface area contributed by atoms with E-state index in [1.54, 1.807) is 24.3 Å². The minimum atomic E-state index is -4.68. The van der Waals surface area contributed by atoms with Gasteiger partial charge in [-0.3, -0.25) is 0 Å². The Balaban J connectivity index is 2.33. The third-order valence-electron chi connectivity index (χ3n) is 2.89. The van der Waals surface area contributed by atoms with Gasteiger partial charge in [0.25, 0.3) is 0 Å². The second-order valence-corrected chi connectivity index (χ2v) is 4.53. The van der Waals surface area contributed by atoms with Crippen molar-refractivity contribution < 1.29 is 27.4 Å². The van der Waals surface area contributed by atoms with Gasteiger partial charge in [0.1, 0.15) is 12.2 Å². The van der Waals surface area contributed by atoms with E-state index >= 15 is 0 Å². The Morgan fingerprint density at radius 3 is 2.39 bits per heavy atom. The molecule has 2 aromatic rings. The van der Waals surface area contributed by atoms with E-state index in [9.17, 15) is 18.0 Å². The molecule has 0 radical (unpaired) electrons. The molecule has 0 heterocycles. The molecule has 2 rings (SSSR count). The fourth-order valence-corrected chi connectivity index (χ4v) is 1.84. The average Bonchev–Trinajstić information content (AvgIpc) is 2.53. The zero-order valence-electron chi connectivity index (χ0n) is 12.0. The van der Waals surface area contributed by atoms with Crippen LogP contribution in [0.2, 0.25) is 0 Å². The molecule has 0 unspecified atom stereocenters. The van der Waals surface area contributed by atoms with Gasteiger partial charge >= 0.3 is 12.1 Å². The van der Waals surface area contributed by atoms with Crippen LogP contribution in [0.25, 0.3) is 0 Å². The number of rotatable bonds is 5. The molecule has 0 atom stereocenters. The second-order valence-electron chi connectivity index (χ2n) is 4.53. The van der Waals surface area contributed by atoms with Crippen molar-refractivity contribution in [2.75, 3.05) is 0 Å². The molecule has 0 aliphatic heterocycles. The van der Waals surface area contributed by atoms with E-state index in [2.05, 4.69) is 6.58 Å².